The first kappa shape index (κ1) is 15.4. The van der Waals surface area contributed by atoms with Crippen LogP contribution in [0.5, 0.6) is 0 Å². The summed E-state index contributed by atoms with van der Waals surface area (Å²) in [5.41, 5.74) is 1.81. The highest BCUT2D eigenvalue weighted by molar-refractivity contribution is 5.92. The summed E-state index contributed by atoms with van der Waals surface area (Å²) in [5.74, 6) is 1.44. The van der Waals surface area contributed by atoms with E-state index in [9.17, 15) is 9.18 Å². The molecule has 2 atom stereocenters. The molecule has 24 heavy (non-hydrogen) atoms. The van der Waals surface area contributed by atoms with Crippen molar-refractivity contribution in [2.75, 3.05) is 0 Å². The zero-order chi connectivity index (χ0) is 16.7. The van der Waals surface area contributed by atoms with Gasteiger partial charge in [-0.05, 0) is 62.6 Å². The van der Waals surface area contributed by atoms with Crippen LogP contribution in [0.2, 0.25) is 0 Å². The fourth-order valence-corrected chi connectivity index (χ4v) is 3.53. The minimum atomic E-state index is -0.214. The van der Waals surface area contributed by atoms with Crippen LogP contribution in [0.4, 0.5) is 4.39 Å². The molecule has 2 aromatic rings. The Morgan fingerprint density at radius 1 is 1.17 bits per heavy atom. The number of hydrogen-bond donors (Lipinski definition) is 1. The first-order chi connectivity index (χ1) is 11.6. The third-order valence-corrected chi connectivity index (χ3v) is 5.06. The molecule has 0 radical (unpaired) electrons. The third kappa shape index (κ3) is 3.07. The van der Waals surface area contributed by atoms with E-state index in [1.54, 1.807) is 0 Å². The number of nitrogens with zero attached hydrogens (tertiary/aromatic N) is 1. The van der Waals surface area contributed by atoms with Gasteiger partial charge >= 0.3 is 0 Å². The number of nitrogens with one attached hydrogen (secondary N) is 1. The van der Waals surface area contributed by atoms with Crippen molar-refractivity contribution in [3.8, 4) is 0 Å². The first-order valence-electron chi connectivity index (χ1n) is 8.64. The molecule has 2 saturated carbocycles. The number of rotatable bonds is 4. The van der Waals surface area contributed by atoms with Gasteiger partial charge in [0.15, 0.2) is 5.89 Å². The summed E-state index contributed by atoms with van der Waals surface area (Å²) in [6.45, 7) is 1.82. The Hall–Kier alpha value is -2.17. The molecule has 126 valence electrons. The van der Waals surface area contributed by atoms with Gasteiger partial charge < -0.3 is 9.73 Å². The third-order valence-electron chi connectivity index (χ3n) is 5.06. The Morgan fingerprint density at radius 3 is 2.58 bits per heavy atom. The standard InChI is InChI=1S/C19H21FN2O2/c1-11-17(24-19(21-11)13-2-3-13)18(23)22-16-9-6-14(10-16)12-4-7-15(20)8-5-12/h4-5,7-8,13-14,16H,2-3,6,9-10H2,1H3,(H,22,23). The maximum atomic E-state index is 13.0. The number of oxazole rings is 1. The molecule has 1 aromatic carbocycles. The molecule has 0 aliphatic heterocycles. The zero-order valence-corrected chi connectivity index (χ0v) is 13.7. The lowest BCUT2D eigenvalue weighted by atomic mass is 9.97. The van der Waals surface area contributed by atoms with Crippen molar-refractivity contribution in [2.45, 2.75) is 56.9 Å². The van der Waals surface area contributed by atoms with Gasteiger partial charge in [0.05, 0.1) is 5.69 Å². The number of halogens is 1. The maximum absolute atomic E-state index is 13.0. The molecule has 4 nitrogen and oxygen atoms in total. The topological polar surface area (TPSA) is 55.1 Å². The van der Waals surface area contributed by atoms with E-state index in [4.69, 9.17) is 4.42 Å². The smallest absolute Gasteiger partial charge is 0.289 e. The Kier molecular flexibility index (Phi) is 3.87. The summed E-state index contributed by atoms with van der Waals surface area (Å²) < 4.78 is 18.7. The molecule has 1 N–H and O–H groups in total. The van der Waals surface area contributed by atoms with E-state index < -0.39 is 0 Å². The van der Waals surface area contributed by atoms with Gasteiger partial charge in [0.2, 0.25) is 5.76 Å². The van der Waals surface area contributed by atoms with Crippen LogP contribution in [0.1, 0.15) is 71.6 Å². The molecule has 2 unspecified atom stereocenters. The first-order valence-corrected chi connectivity index (χ1v) is 8.64. The quantitative estimate of drug-likeness (QED) is 0.920. The van der Waals surface area contributed by atoms with Gasteiger partial charge in [-0.15, -0.1) is 0 Å². The molecule has 0 bridgehead atoms. The molecule has 5 heteroatoms. The number of carbonyl (C=O) groups excluding carboxylic acids is 1. The van der Waals surface area contributed by atoms with E-state index in [0.29, 0.717) is 29.2 Å². The molecule has 2 aliphatic rings. The SMILES string of the molecule is Cc1nc(C2CC2)oc1C(=O)NC1CCC(c2ccc(F)cc2)C1. The Labute approximate surface area is 140 Å². The van der Waals surface area contributed by atoms with Crippen LogP contribution in [-0.2, 0) is 0 Å². The highest BCUT2D eigenvalue weighted by Crippen LogP contribution is 2.40. The second-order valence-corrected chi connectivity index (χ2v) is 6.97. The summed E-state index contributed by atoms with van der Waals surface area (Å²) in [4.78, 5) is 16.8. The second-order valence-electron chi connectivity index (χ2n) is 6.97. The highest BCUT2D eigenvalue weighted by Gasteiger charge is 2.32. The van der Waals surface area contributed by atoms with Crippen LogP contribution < -0.4 is 5.32 Å². The predicted molar refractivity (Wildman–Crippen MR) is 87.5 cm³/mol. The van der Waals surface area contributed by atoms with Gasteiger partial charge in [0, 0.05) is 12.0 Å². The van der Waals surface area contributed by atoms with Crippen LogP contribution in [-0.4, -0.2) is 16.9 Å². The normalized spacial score (nSPS) is 23.4. The number of amides is 1. The van der Waals surface area contributed by atoms with Crippen molar-refractivity contribution in [1.29, 1.82) is 0 Å². The van der Waals surface area contributed by atoms with Crippen molar-refractivity contribution < 1.29 is 13.6 Å². The van der Waals surface area contributed by atoms with Crippen LogP contribution in [0.25, 0.3) is 0 Å². The monoisotopic (exact) mass is 328 g/mol. The Bertz CT molecular complexity index is 749. The molecule has 2 fully saturated rings. The lowest BCUT2D eigenvalue weighted by molar-refractivity contribution is 0.0907. The average Bonchev–Trinajstić information content (AvgIpc) is 3.19. The molecule has 4 rings (SSSR count). The van der Waals surface area contributed by atoms with E-state index in [-0.39, 0.29) is 17.8 Å². The second kappa shape index (κ2) is 6.04. The van der Waals surface area contributed by atoms with Crippen LogP contribution in [0.15, 0.2) is 28.7 Å². The van der Waals surface area contributed by atoms with Gasteiger partial charge in [-0.25, -0.2) is 9.37 Å². The van der Waals surface area contributed by atoms with Crippen LogP contribution >= 0.6 is 0 Å². The van der Waals surface area contributed by atoms with Crippen molar-refractivity contribution >= 4 is 5.91 Å². The van der Waals surface area contributed by atoms with Crippen molar-refractivity contribution in [2.24, 2.45) is 0 Å². The van der Waals surface area contributed by atoms with E-state index in [1.807, 2.05) is 19.1 Å². The molecule has 0 saturated heterocycles. The highest BCUT2D eigenvalue weighted by atomic mass is 19.1. The van der Waals surface area contributed by atoms with E-state index in [0.717, 1.165) is 37.7 Å². The lowest BCUT2D eigenvalue weighted by Crippen LogP contribution is -2.33. The van der Waals surface area contributed by atoms with E-state index in [1.165, 1.54) is 12.1 Å². The molecule has 2 aliphatic carbocycles. The van der Waals surface area contributed by atoms with Crippen LogP contribution in [0.3, 0.4) is 0 Å². The number of aromatic nitrogens is 1. The molecular weight excluding hydrogens is 307 g/mol. The minimum absolute atomic E-state index is 0.126. The zero-order valence-electron chi connectivity index (χ0n) is 13.7. The number of hydrogen-bond acceptors (Lipinski definition) is 3. The minimum Gasteiger partial charge on any atom is -0.435 e. The van der Waals surface area contributed by atoms with Gasteiger partial charge in [-0.1, -0.05) is 12.1 Å². The summed E-state index contributed by atoms with van der Waals surface area (Å²) in [7, 11) is 0. The summed E-state index contributed by atoms with van der Waals surface area (Å²) in [6.07, 6.45) is 5.00. The fourth-order valence-electron chi connectivity index (χ4n) is 3.53. The predicted octanol–water partition coefficient (Wildman–Crippen LogP) is 4.07. The summed E-state index contributed by atoms with van der Waals surface area (Å²) >= 11 is 0. The Balaban J connectivity index is 1.39. The van der Waals surface area contributed by atoms with Gasteiger partial charge in [-0.3, -0.25) is 4.79 Å². The van der Waals surface area contributed by atoms with E-state index >= 15 is 0 Å². The van der Waals surface area contributed by atoms with Gasteiger partial charge in [0.1, 0.15) is 5.82 Å². The van der Waals surface area contributed by atoms with Crippen molar-refractivity contribution in [3.05, 3.63) is 53.0 Å². The van der Waals surface area contributed by atoms with Gasteiger partial charge in [-0.2, -0.15) is 0 Å². The maximum Gasteiger partial charge on any atom is 0.289 e. The largest absolute Gasteiger partial charge is 0.435 e. The number of benzene rings is 1. The molecule has 1 heterocycles. The number of aryl methyl sites for hydroxylation is 1. The van der Waals surface area contributed by atoms with Crippen molar-refractivity contribution in [3.63, 3.8) is 0 Å². The molecule has 1 amide bonds. The molecular formula is C19H21FN2O2. The summed E-state index contributed by atoms with van der Waals surface area (Å²) in [5, 5.41) is 3.07. The summed E-state index contributed by atoms with van der Waals surface area (Å²) in [6, 6.07) is 6.80. The van der Waals surface area contributed by atoms with Crippen molar-refractivity contribution in [1.82, 2.24) is 10.3 Å². The molecule has 1 aromatic heterocycles. The molecule has 0 spiro atoms. The Morgan fingerprint density at radius 2 is 1.88 bits per heavy atom. The fraction of sp³-hybridized carbons (Fsp3) is 0.474. The van der Waals surface area contributed by atoms with Gasteiger partial charge in [0.25, 0.3) is 5.91 Å². The number of carbonyl (C=O) groups is 1. The van der Waals surface area contributed by atoms with Crippen LogP contribution in [0, 0.1) is 12.7 Å². The lowest BCUT2D eigenvalue weighted by Gasteiger charge is -2.13. The van der Waals surface area contributed by atoms with E-state index in [2.05, 4.69) is 10.3 Å². The average molecular weight is 328 g/mol.